The molecule has 3 N–H and O–H groups in total. The van der Waals surface area contributed by atoms with Crippen molar-refractivity contribution in [3.8, 4) is 0 Å². The second kappa shape index (κ2) is 9.68. The smallest absolute Gasteiger partial charge is 0.328 e. The summed E-state index contributed by atoms with van der Waals surface area (Å²) in [7, 11) is 0. The lowest BCUT2D eigenvalue weighted by Crippen LogP contribution is -2.51. The minimum atomic E-state index is -1.38. The van der Waals surface area contributed by atoms with Gasteiger partial charge in [0.05, 0.1) is 11.8 Å². The van der Waals surface area contributed by atoms with E-state index in [1.165, 1.54) is 25.3 Å². The second-order valence-corrected chi connectivity index (χ2v) is 11.8. The minimum Gasteiger partial charge on any atom is -0.480 e. The minimum absolute atomic E-state index is 0.140. The van der Waals surface area contributed by atoms with Crippen molar-refractivity contribution in [1.82, 2.24) is 5.32 Å². The van der Waals surface area contributed by atoms with Gasteiger partial charge in [0.25, 0.3) is 5.91 Å². The van der Waals surface area contributed by atoms with Gasteiger partial charge < -0.3 is 20.4 Å². The summed E-state index contributed by atoms with van der Waals surface area (Å²) in [6.07, 6.45) is 9.42. The van der Waals surface area contributed by atoms with E-state index < -0.39 is 30.6 Å². The van der Waals surface area contributed by atoms with Crippen molar-refractivity contribution in [2.75, 3.05) is 6.61 Å². The van der Waals surface area contributed by atoms with Gasteiger partial charge in [-0.2, -0.15) is 0 Å². The number of rotatable bonds is 7. The molecule has 0 aliphatic heterocycles. The Balaban J connectivity index is 1.40. The van der Waals surface area contributed by atoms with Crippen molar-refractivity contribution in [2.45, 2.75) is 91.2 Å². The summed E-state index contributed by atoms with van der Waals surface area (Å²) in [5.41, 5.74) is 2.53. The number of hydrogen-bond donors (Lipinski definition) is 3. The monoisotopic (exact) mass is 488 g/mol. The van der Waals surface area contributed by atoms with Crippen molar-refractivity contribution < 1.29 is 29.4 Å². The van der Waals surface area contributed by atoms with E-state index in [0.29, 0.717) is 23.5 Å². The van der Waals surface area contributed by atoms with Crippen LogP contribution in [0.25, 0.3) is 0 Å². The molecule has 8 atom stereocenters. The van der Waals surface area contributed by atoms with Gasteiger partial charge in [0.1, 0.15) is 5.78 Å². The number of carboxylic acids is 1. The standard InChI is InChI=1S/C27H40N2O6/c1-15(30)20-7-8-21-19-6-5-17-13-18(9-11-26(17,3)22(19)10-12-27(20,21)4)29-35-14-23(32)28-24(16(2)31)25(33)34/h13,16,19-22,24,31H,5-12,14H2,1-4H3,(H,28,32)(H,33,34)/b29-18-/t16-,19+,20+,21-,22-,24+,26+,27-/m1/s1. The average molecular weight is 489 g/mol. The number of carboxylic acid groups (broad SMARTS) is 1. The van der Waals surface area contributed by atoms with Gasteiger partial charge in [-0.15, -0.1) is 0 Å². The van der Waals surface area contributed by atoms with Crippen LogP contribution in [0.4, 0.5) is 0 Å². The third-order valence-electron chi connectivity index (χ3n) is 9.91. The zero-order valence-electron chi connectivity index (χ0n) is 21.4. The fourth-order valence-electron chi connectivity index (χ4n) is 8.09. The molecule has 8 heteroatoms. The lowest BCUT2D eigenvalue weighted by atomic mass is 9.46. The Hall–Kier alpha value is -2.22. The molecule has 4 aliphatic carbocycles. The molecule has 3 saturated carbocycles. The molecule has 3 fully saturated rings. The number of aliphatic carboxylic acids is 1. The average Bonchev–Trinajstić information content (AvgIpc) is 3.14. The van der Waals surface area contributed by atoms with E-state index in [-0.39, 0.29) is 16.7 Å². The highest BCUT2D eigenvalue weighted by Gasteiger charge is 2.59. The first kappa shape index (κ1) is 25.9. The number of Topliss-reactive ketones (excluding diaryl/α,β-unsaturated/α-hetero) is 1. The Bertz CT molecular complexity index is 942. The first-order chi connectivity index (χ1) is 16.5. The van der Waals surface area contributed by atoms with E-state index >= 15 is 0 Å². The highest BCUT2D eigenvalue weighted by Crippen LogP contribution is 2.66. The van der Waals surface area contributed by atoms with Crippen LogP contribution < -0.4 is 5.32 Å². The normalized spacial score (nSPS) is 38.9. The van der Waals surface area contributed by atoms with Gasteiger partial charge in [0.15, 0.2) is 12.6 Å². The molecule has 0 aromatic rings. The number of carbonyl (C=O) groups excluding carboxylic acids is 2. The van der Waals surface area contributed by atoms with Crippen molar-refractivity contribution in [3.63, 3.8) is 0 Å². The van der Waals surface area contributed by atoms with Gasteiger partial charge in [-0.3, -0.25) is 9.59 Å². The number of nitrogens with zero attached hydrogens (tertiary/aromatic N) is 1. The maximum atomic E-state index is 12.3. The molecule has 35 heavy (non-hydrogen) atoms. The van der Waals surface area contributed by atoms with Crippen molar-refractivity contribution in [3.05, 3.63) is 11.6 Å². The van der Waals surface area contributed by atoms with E-state index in [4.69, 9.17) is 9.94 Å². The lowest BCUT2D eigenvalue weighted by Gasteiger charge is -2.58. The van der Waals surface area contributed by atoms with Gasteiger partial charge in [0, 0.05) is 5.92 Å². The second-order valence-electron chi connectivity index (χ2n) is 11.8. The lowest BCUT2D eigenvalue weighted by molar-refractivity contribution is -0.145. The summed E-state index contributed by atoms with van der Waals surface area (Å²) >= 11 is 0. The SMILES string of the molecule is CC(=O)[C@@H]1CC[C@@H]2[C@@H]3CCC4=C/C(=N\OCC(=O)N[C@H](C(=O)O)[C@@H](C)O)CC[C@]4(C)[C@@H]3CC[C@@]21C. The number of amides is 1. The molecule has 0 spiro atoms. The van der Waals surface area contributed by atoms with Crippen LogP contribution in [0, 0.1) is 34.5 Å². The summed E-state index contributed by atoms with van der Waals surface area (Å²) in [4.78, 5) is 40.7. The summed E-state index contributed by atoms with van der Waals surface area (Å²) in [6, 6.07) is -1.38. The Kier molecular flexibility index (Phi) is 7.15. The fraction of sp³-hybridized carbons (Fsp3) is 0.778. The quantitative estimate of drug-likeness (QED) is 0.471. The maximum absolute atomic E-state index is 12.3. The van der Waals surface area contributed by atoms with Crippen LogP contribution in [0.15, 0.2) is 16.8 Å². The van der Waals surface area contributed by atoms with E-state index in [1.807, 2.05) is 0 Å². The summed E-state index contributed by atoms with van der Waals surface area (Å²) in [6.45, 7) is 7.46. The third-order valence-corrected chi connectivity index (χ3v) is 9.91. The van der Waals surface area contributed by atoms with Crippen molar-refractivity contribution in [2.24, 2.45) is 39.7 Å². The van der Waals surface area contributed by atoms with Gasteiger partial charge in [-0.25, -0.2) is 4.79 Å². The fourth-order valence-corrected chi connectivity index (χ4v) is 8.09. The molecule has 0 saturated heterocycles. The largest absolute Gasteiger partial charge is 0.480 e. The molecule has 0 heterocycles. The van der Waals surface area contributed by atoms with Crippen LogP contribution in [0.1, 0.15) is 79.1 Å². The number of oxime groups is 1. The first-order valence-electron chi connectivity index (χ1n) is 13.1. The molecule has 8 nitrogen and oxygen atoms in total. The van der Waals surface area contributed by atoms with Crippen LogP contribution in [-0.2, 0) is 19.2 Å². The van der Waals surface area contributed by atoms with Gasteiger partial charge in [-0.1, -0.05) is 24.6 Å². The van der Waals surface area contributed by atoms with Crippen LogP contribution in [0.5, 0.6) is 0 Å². The van der Waals surface area contributed by atoms with Crippen molar-refractivity contribution in [1.29, 1.82) is 0 Å². The Morgan fingerprint density at radius 3 is 2.54 bits per heavy atom. The molecule has 0 unspecified atom stereocenters. The molecule has 1 amide bonds. The molecule has 0 radical (unpaired) electrons. The Labute approximate surface area is 207 Å². The molecule has 0 aromatic carbocycles. The number of carbonyl (C=O) groups is 3. The zero-order chi connectivity index (χ0) is 25.5. The predicted molar refractivity (Wildman–Crippen MR) is 131 cm³/mol. The number of aliphatic hydroxyl groups is 1. The molecule has 4 aliphatic rings. The van der Waals surface area contributed by atoms with Crippen LogP contribution >= 0.6 is 0 Å². The predicted octanol–water partition coefficient (Wildman–Crippen LogP) is 3.48. The zero-order valence-corrected chi connectivity index (χ0v) is 21.4. The van der Waals surface area contributed by atoms with E-state index in [2.05, 4.69) is 30.4 Å². The maximum Gasteiger partial charge on any atom is 0.328 e. The number of aliphatic hydroxyl groups excluding tert-OH is 1. The molecular formula is C27H40N2O6. The molecule has 0 aromatic heterocycles. The highest BCUT2D eigenvalue weighted by atomic mass is 16.6. The van der Waals surface area contributed by atoms with Gasteiger partial charge in [0.2, 0.25) is 0 Å². The number of ketones is 1. The topological polar surface area (TPSA) is 125 Å². The molecule has 4 rings (SSSR count). The first-order valence-corrected chi connectivity index (χ1v) is 13.1. The summed E-state index contributed by atoms with van der Waals surface area (Å²) in [5.74, 6) is 0.604. The number of allylic oxidation sites excluding steroid dienone is 2. The van der Waals surface area contributed by atoms with E-state index in [0.717, 1.165) is 44.2 Å². The molecule has 194 valence electrons. The van der Waals surface area contributed by atoms with Gasteiger partial charge >= 0.3 is 5.97 Å². The molecular weight excluding hydrogens is 448 g/mol. The van der Waals surface area contributed by atoms with Crippen LogP contribution in [-0.4, -0.2) is 52.3 Å². The van der Waals surface area contributed by atoms with Crippen LogP contribution in [0.3, 0.4) is 0 Å². The van der Waals surface area contributed by atoms with E-state index in [1.54, 1.807) is 6.92 Å². The summed E-state index contributed by atoms with van der Waals surface area (Å²) < 4.78 is 0. The number of nitrogens with one attached hydrogen (secondary N) is 1. The Morgan fingerprint density at radius 1 is 1.14 bits per heavy atom. The third kappa shape index (κ3) is 4.66. The van der Waals surface area contributed by atoms with Gasteiger partial charge in [-0.05, 0) is 99.9 Å². The number of hydrogen-bond acceptors (Lipinski definition) is 6. The van der Waals surface area contributed by atoms with Crippen molar-refractivity contribution >= 4 is 23.4 Å². The van der Waals surface area contributed by atoms with Crippen LogP contribution in [0.2, 0.25) is 0 Å². The molecule has 0 bridgehead atoms. The van der Waals surface area contributed by atoms with E-state index in [9.17, 15) is 19.5 Å². The Morgan fingerprint density at radius 2 is 1.89 bits per heavy atom. The summed E-state index contributed by atoms with van der Waals surface area (Å²) in [5, 5.41) is 25.0. The number of fused-ring (bicyclic) bond motifs is 5. The highest BCUT2D eigenvalue weighted by molar-refractivity contribution is 5.96.